The Hall–Kier alpha value is -1.52. The van der Waals surface area contributed by atoms with Crippen LogP contribution in [0.3, 0.4) is 0 Å². The van der Waals surface area contributed by atoms with E-state index in [1.165, 1.54) is 16.0 Å². The van der Waals surface area contributed by atoms with Gasteiger partial charge in [0.15, 0.2) is 11.5 Å². The Kier molecular flexibility index (Phi) is 4.46. The van der Waals surface area contributed by atoms with Crippen molar-refractivity contribution in [1.29, 1.82) is 0 Å². The second kappa shape index (κ2) is 6.50. The summed E-state index contributed by atoms with van der Waals surface area (Å²) in [6.07, 6.45) is 1.12. The SMILES string of the molecule is CCCNC(c1csc(C)c1)c1ccc2c(c1)OCCO2. The van der Waals surface area contributed by atoms with E-state index in [9.17, 15) is 0 Å². The lowest BCUT2D eigenvalue weighted by atomic mass is 10.00. The van der Waals surface area contributed by atoms with E-state index in [1.807, 2.05) is 6.07 Å². The summed E-state index contributed by atoms with van der Waals surface area (Å²) in [4.78, 5) is 1.34. The average Bonchev–Trinajstić information content (AvgIpc) is 2.94. The predicted molar refractivity (Wildman–Crippen MR) is 86.6 cm³/mol. The molecule has 0 amide bonds. The number of fused-ring (bicyclic) bond motifs is 1. The standard InChI is InChI=1S/C17H21NO2S/c1-3-6-18-17(14-9-12(2)21-11-14)13-4-5-15-16(10-13)20-8-7-19-15/h4-5,9-11,17-18H,3,6-8H2,1-2H3. The second-order valence-electron chi connectivity index (χ2n) is 5.28. The van der Waals surface area contributed by atoms with Crippen molar-refractivity contribution in [3.63, 3.8) is 0 Å². The molecule has 0 saturated heterocycles. The van der Waals surface area contributed by atoms with Gasteiger partial charge in [0.2, 0.25) is 0 Å². The minimum atomic E-state index is 0.214. The Morgan fingerprint density at radius 3 is 2.67 bits per heavy atom. The molecule has 0 radical (unpaired) electrons. The summed E-state index contributed by atoms with van der Waals surface area (Å²) in [6, 6.07) is 8.73. The highest BCUT2D eigenvalue weighted by atomic mass is 32.1. The normalized spacial score (nSPS) is 15.0. The molecule has 3 nitrogen and oxygen atoms in total. The molecule has 112 valence electrons. The van der Waals surface area contributed by atoms with Crippen molar-refractivity contribution in [3.05, 3.63) is 45.6 Å². The van der Waals surface area contributed by atoms with Crippen molar-refractivity contribution >= 4 is 11.3 Å². The van der Waals surface area contributed by atoms with E-state index in [4.69, 9.17) is 9.47 Å². The Bertz CT molecular complexity index is 609. The molecule has 1 N–H and O–H groups in total. The van der Waals surface area contributed by atoms with Crippen LogP contribution in [0.1, 0.15) is 35.4 Å². The molecular weight excluding hydrogens is 282 g/mol. The maximum absolute atomic E-state index is 5.71. The summed E-state index contributed by atoms with van der Waals surface area (Å²) in [7, 11) is 0. The monoisotopic (exact) mass is 303 g/mol. The highest BCUT2D eigenvalue weighted by Crippen LogP contribution is 2.35. The van der Waals surface area contributed by atoms with Gasteiger partial charge in [-0.3, -0.25) is 0 Å². The largest absolute Gasteiger partial charge is 0.486 e. The molecule has 1 atom stereocenters. The maximum atomic E-state index is 5.71. The van der Waals surface area contributed by atoms with E-state index in [2.05, 4.69) is 42.7 Å². The number of thiophene rings is 1. The molecule has 0 fully saturated rings. The van der Waals surface area contributed by atoms with Crippen molar-refractivity contribution in [2.45, 2.75) is 26.3 Å². The van der Waals surface area contributed by atoms with Gasteiger partial charge in [0.05, 0.1) is 6.04 Å². The second-order valence-corrected chi connectivity index (χ2v) is 6.40. The molecule has 1 unspecified atom stereocenters. The molecular formula is C17H21NO2S. The van der Waals surface area contributed by atoms with Crippen LogP contribution in [-0.2, 0) is 0 Å². The van der Waals surface area contributed by atoms with Gasteiger partial charge in [0.25, 0.3) is 0 Å². The summed E-state index contributed by atoms with van der Waals surface area (Å²) in [5, 5.41) is 5.87. The molecule has 3 rings (SSSR count). The van der Waals surface area contributed by atoms with Gasteiger partial charge in [-0.05, 0) is 54.6 Å². The van der Waals surface area contributed by atoms with Gasteiger partial charge >= 0.3 is 0 Å². The van der Waals surface area contributed by atoms with Crippen LogP contribution in [0.25, 0.3) is 0 Å². The van der Waals surface area contributed by atoms with E-state index < -0.39 is 0 Å². The van der Waals surface area contributed by atoms with Gasteiger partial charge in [0.1, 0.15) is 13.2 Å². The van der Waals surface area contributed by atoms with Crippen molar-refractivity contribution in [2.75, 3.05) is 19.8 Å². The number of nitrogens with one attached hydrogen (secondary N) is 1. The first-order valence-corrected chi connectivity index (χ1v) is 8.34. The molecule has 21 heavy (non-hydrogen) atoms. The quantitative estimate of drug-likeness (QED) is 0.908. The summed E-state index contributed by atoms with van der Waals surface area (Å²) >= 11 is 1.79. The Balaban J connectivity index is 1.92. The van der Waals surface area contributed by atoms with Crippen LogP contribution in [0.15, 0.2) is 29.6 Å². The predicted octanol–water partition coefficient (Wildman–Crippen LogP) is 3.92. The smallest absolute Gasteiger partial charge is 0.161 e. The molecule has 0 aliphatic carbocycles. The third-order valence-electron chi connectivity index (χ3n) is 3.58. The van der Waals surface area contributed by atoms with E-state index >= 15 is 0 Å². The van der Waals surface area contributed by atoms with Crippen LogP contribution in [0, 0.1) is 6.92 Å². The van der Waals surface area contributed by atoms with Crippen molar-refractivity contribution < 1.29 is 9.47 Å². The first-order chi connectivity index (χ1) is 10.3. The third kappa shape index (κ3) is 3.22. The Morgan fingerprint density at radius 2 is 1.95 bits per heavy atom. The third-order valence-corrected chi connectivity index (χ3v) is 4.46. The Labute approximate surface area is 129 Å². The fourth-order valence-electron chi connectivity index (χ4n) is 2.57. The average molecular weight is 303 g/mol. The zero-order valence-electron chi connectivity index (χ0n) is 12.5. The minimum absolute atomic E-state index is 0.214. The number of benzene rings is 1. The lowest BCUT2D eigenvalue weighted by Crippen LogP contribution is -2.23. The molecule has 1 aromatic heterocycles. The van der Waals surface area contributed by atoms with Crippen LogP contribution in [-0.4, -0.2) is 19.8 Å². The Morgan fingerprint density at radius 1 is 1.14 bits per heavy atom. The van der Waals surface area contributed by atoms with E-state index in [0.717, 1.165) is 24.5 Å². The van der Waals surface area contributed by atoms with E-state index in [-0.39, 0.29) is 6.04 Å². The number of hydrogen-bond donors (Lipinski definition) is 1. The van der Waals surface area contributed by atoms with E-state index in [1.54, 1.807) is 11.3 Å². The topological polar surface area (TPSA) is 30.5 Å². The van der Waals surface area contributed by atoms with Crippen LogP contribution >= 0.6 is 11.3 Å². The molecule has 4 heteroatoms. The lowest BCUT2D eigenvalue weighted by Gasteiger charge is -2.22. The molecule has 1 aliphatic heterocycles. The highest BCUT2D eigenvalue weighted by Gasteiger charge is 2.18. The van der Waals surface area contributed by atoms with Crippen LogP contribution in [0.4, 0.5) is 0 Å². The minimum Gasteiger partial charge on any atom is -0.486 e. The summed E-state index contributed by atoms with van der Waals surface area (Å²) < 4.78 is 11.3. The molecule has 2 heterocycles. The van der Waals surface area contributed by atoms with Gasteiger partial charge in [-0.15, -0.1) is 11.3 Å². The zero-order chi connectivity index (χ0) is 14.7. The van der Waals surface area contributed by atoms with Gasteiger partial charge in [0, 0.05) is 4.88 Å². The number of rotatable bonds is 5. The highest BCUT2D eigenvalue weighted by molar-refractivity contribution is 7.10. The van der Waals surface area contributed by atoms with Crippen LogP contribution < -0.4 is 14.8 Å². The van der Waals surface area contributed by atoms with Crippen molar-refractivity contribution in [2.24, 2.45) is 0 Å². The van der Waals surface area contributed by atoms with Crippen molar-refractivity contribution in [3.8, 4) is 11.5 Å². The lowest BCUT2D eigenvalue weighted by molar-refractivity contribution is 0.171. The molecule has 0 bridgehead atoms. The van der Waals surface area contributed by atoms with Gasteiger partial charge < -0.3 is 14.8 Å². The summed E-state index contributed by atoms with van der Waals surface area (Å²) in [6.45, 7) is 6.59. The van der Waals surface area contributed by atoms with Crippen molar-refractivity contribution in [1.82, 2.24) is 5.32 Å². The zero-order valence-corrected chi connectivity index (χ0v) is 13.3. The summed E-state index contributed by atoms with van der Waals surface area (Å²) in [5.41, 5.74) is 2.55. The first kappa shape index (κ1) is 14.4. The molecule has 0 saturated carbocycles. The van der Waals surface area contributed by atoms with Gasteiger partial charge in [-0.1, -0.05) is 13.0 Å². The summed E-state index contributed by atoms with van der Waals surface area (Å²) in [5.74, 6) is 1.70. The number of hydrogen-bond acceptors (Lipinski definition) is 4. The van der Waals surface area contributed by atoms with Gasteiger partial charge in [-0.2, -0.15) is 0 Å². The first-order valence-electron chi connectivity index (χ1n) is 7.46. The molecule has 2 aromatic rings. The van der Waals surface area contributed by atoms with Gasteiger partial charge in [-0.25, -0.2) is 0 Å². The fourth-order valence-corrected chi connectivity index (χ4v) is 3.30. The molecule has 0 spiro atoms. The maximum Gasteiger partial charge on any atom is 0.161 e. The fraction of sp³-hybridized carbons (Fsp3) is 0.412. The van der Waals surface area contributed by atoms with Crippen LogP contribution in [0.5, 0.6) is 11.5 Å². The molecule has 1 aliphatic rings. The molecule has 1 aromatic carbocycles. The number of aryl methyl sites for hydroxylation is 1. The van der Waals surface area contributed by atoms with Crippen LogP contribution in [0.2, 0.25) is 0 Å². The number of ether oxygens (including phenoxy) is 2. The van der Waals surface area contributed by atoms with E-state index in [0.29, 0.717) is 13.2 Å².